The van der Waals surface area contributed by atoms with Gasteiger partial charge in [0.25, 0.3) is 0 Å². The molecule has 0 spiro atoms. The number of hydrogen-bond donors (Lipinski definition) is 2. The van der Waals surface area contributed by atoms with Crippen molar-refractivity contribution in [3.63, 3.8) is 0 Å². The van der Waals surface area contributed by atoms with Crippen molar-refractivity contribution in [1.29, 1.82) is 0 Å². The van der Waals surface area contributed by atoms with Crippen LogP contribution in [0.25, 0.3) is 21.9 Å². The van der Waals surface area contributed by atoms with Crippen LogP contribution in [-0.4, -0.2) is 20.3 Å². The summed E-state index contributed by atoms with van der Waals surface area (Å²) in [5, 5.41) is 1.08. The van der Waals surface area contributed by atoms with Gasteiger partial charge in [0.1, 0.15) is 11.3 Å². The lowest BCUT2D eigenvalue weighted by Crippen LogP contribution is -2.05. The van der Waals surface area contributed by atoms with E-state index >= 15 is 0 Å². The molecule has 2 aromatic heterocycles. The molecule has 4 rings (SSSR count). The molecule has 6 heteroatoms. The van der Waals surface area contributed by atoms with Gasteiger partial charge in [0.05, 0.1) is 11.0 Å². The molecule has 0 fully saturated rings. The summed E-state index contributed by atoms with van der Waals surface area (Å²) < 4.78 is 2.28. The average Bonchev–Trinajstić information content (AvgIpc) is 3.15. The van der Waals surface area contributed by atoms with Crippen molar-refractivity contribution in [2.75, 3.05) is 11.5 Å². The normalized spacial score (nSPS) is 11.4. The predicted molar refractivity (Wildman–Crippen MR) is 127 cm³/mol. The highest BCUT2D eigenvalue weighted by Gasteiger charge is 2.16. The predicted octanol–water partition coefficient (Wildman–Crippen LogP) is 5.06. The van der Waals surface area contributed by atoms with Gasteiger partial charge in [-0.3, -0.25) is 4.79 Å². The number of nitrogens with two attached hydrogens (primary N) is 2. The van der Waals surface area contributed by atoms with Crippen LogP contribution in [0, 0.1) is 6.92 Å². The minimum Gasteiger partial charge on any atom is -0.399 e. The number of aryl methyl sites for hydroxylation is 3. The highest BCUT2D eigenvalue weighted by Crippen LogP contribution is 2.29. The first kappa shape index (κ1) is 20.8. The summed E-state index contributed by atoms with van der Waals surface area (Å²) in [6.07, 6.45) is 4.19. The maximum Gasteiger partial charge on any atom is 0.162 e. The van der Waals surface area contributed by atoms with Crippen LogP contribution in [0.4, 0.5) is 11.5 Å². The zero-order chi connectivity index (χ0) is 22.0. The lowest BCUT2D eigenvalue weighted by molar-refractivity contribution is 0.0979. The molecule has 160 valence electrons. The van der Waals surface area contributed by atoms with E-state index in [4.69, 9.17) is 16.5 Å². The molecule has 6 nitrogen and oxygen atoms in total. The van der Waals surface area contributed by atoms with Crippen LogP contribution in [0.1, 0.15) is 54.4 Å². The first-order valence-electron chi connectivity index (χ1n) is 10.9. The molecule has 0 amide bonds. The fourth-order valence-electron chi connectivity index (χ4n) is 4.14. The number of imidazole rings is 1. The first-order valence-corrected chi connectivity index (χ1v) is 10.9. The molecule has 0 bridgehead atoms. The summed E-state index contributed by atoms with van der Waals surface area (Å²) in [5.74, 6) is 1.68. The number of unbranched alkanes of at least 4 members (excludes halogenated alkanes) is 2. The van der Waals surface area contributed by atoms with E-state index in [0.717, 1.165) is 76.8 Å². The van der Waals surface area contributed by atoms with Gasteiger partial charge >= 0.3 is 0 Å². The smallest absolute Gasteiger partial charge is 0.162 e. The second-order valence-electron chi connectivity index (χ2n) is 8.05. The fourth-order valence-corrected chi connectivity index (χ4v) is 4.14. The number of anilines is 2. The molecule has 2 heterocycles. The van der Waals surface area contributed by atoms with Crippen molar-refractivity contribution in [3.8, 4) is 0 Å². The third kappa shape index (κ3) is 4.10. The lowest BCUT2D eigenvalue weighted by atomic mass is 10.0. The summed E-state index contributed by atoms with van der Waals surface area (Å²) in [6, 6.07) is 13.6. The molecule has 0 atom stereocenters. The number of hydrogen-bond acceptors (Lipinski definition) is 5. The number of pyridine rings is 1. The summed E-state index contributed by atoms with van der Waals surface area (Å²) in [6.45, 7) is 4.89. The highest BCUT2D eigenvalue weighted by molar-refractivity contribution is 6.06. The zero-order valence-electron chi connectivity index (χ0n) is 18.2. The molecular formula is C25H29N5O. The van der Waals surface area contributed by atoms with Crippen molar-refractivity contribution in [2.45, 2.75) is 52.5 Å². The number of Topliss-reactive ketones (excluding diaryl/α,β-unsaturated/α-hetero) is 1. The van der Waals surface area contributed by atoms with Gasteiger partial charge < -0.3 is 16.0 Å². The Hall–Kier alpha value is -3.41. The monoisotopic (exact) mass is 415 g/mol. The van der Waals surface area contributed by atoms with Crippen LogP contribution in [0.15, 0.2) is 42.5 Å². The van der Waals surface area contributed by atoms with E-state index in [9.17, 15) is 4.79 Å². The van der Waals surface area contributed by atoms with E-state index in [1.807, 2.05) is 43.3 Å². The van der Waals surface area contributed by atoms with Crippen molar-refractivity contribution in [2.24, 2.45) is 0 Å². The maximum atomic E-state index is 12.5. The number of fused-ring (bicyclic) bond motifs is 3. The van der Waals surface area contributed by atoms with E-state index in [1.165, 1.54) is 0 Å². The molecule has 0 aliphatic carbocycles. The Balaban J connectivity index is 1.45. The van der Waals surface area contributed by atoms with E-state index in [0.29, 0.717) is 12.2 Å². The van der Waals surface area contributed by atoms with Crippen LogP contribution in [0.3, 0.4) is 0 Å². The molecule has 0 saturated carbocycles. The minimum absolute atomic E-state index is 0.176. The van der Waals surface area contributed by atoms with Crippen molar-refractivity contribution >= 4 is 39.2 Å². The Morgan fingerprint density at radius 1 is 1.03 bits per heavy atom. The molecule has 0 aliphatic rings. The quantitative estimate of drug-likeness (QED) is 0.238. The fraction of sp³-hybridized carbons (Fsp3) is 0.320. The van der Waals surface area contributed by atoms with E-state index in [-0.39, 0.29) is 5.78 Å². The molecule has 0 aliphatic heterocycles. The molecule has 2 aromatic carbocycles. The molecule has 0 radical (unpaired) electrons. The molecule has 0 saturated heterocycles. The number of carbonyl (C=O) groups is 1. The number of nitrogen functional groups attached to an aromatic ring is 2. The largest absolute Gasteiger partial charge is 0.399 e. The van der Waals surface area contributed by atoms with E-state index < -0.39 is 0 Å². The number of ketones is 1. The third-order valence-corrected chi connectivity index (χ3v) is 5.88. The number of aromatic nitrogens is 3. The third-order valence-electron chi connectivity index (χ3n) is 5.88. The Labute approximate surface area is 182 Å². The Kier molecular flexibility index (Phi) is 5.89. The SMILES string of the molecule is CCc1nc2c(N)nc3ccccc3c2n1CCCCCC(=O)c1ccc(N)c(C)c1. The Bertz CT molecular complexity index is 1260. The van der Waals surface area contributed by atoms with E-state index in [2.05, 4.69) is 22.5 Å². The van der Waals surface area contributed by atoms with Crippen molar-refractivity contribution in [1.82, 2.24) is 14.5 Å². The van der Waals surface area contributed by atoms with Crippen LogP contribution >= 0.6 is 0 Å². The maximum absolute atomic E-state index is 12.5. The number of nitrogens with zero attached hydrogens (tertiary/aromatic N) is 3. The van der Waals surface area contributed by atoms with Gasteiger partial charge in [-0.2, -0.15) is 0 Å². The average molecular weight is 416 g/mol. The lowest BCUT2D eigenvalue weighted by Gasteiger charge is -2.10. The van der Waals surface area contributed by atoms with Gasteiger partial charge in [0.2, 0.25) is 0 Å². The second kappa shape index (κ2) is 8.76. The van der Waals surface area contributed by atoms with Gasteiger partial charge in [0.15, 0.2) is 11.6 Å². The van der Waals surface area contributed by atoms with Gasteiger partial charge in [0, 0.05) is 36.0 Å². The van der Waals surface area contributed by atoms with Crippen LogP contribution in [-0.2, 0) is 13.0 Å². The number of benzene rings is 2. The standard InChI is InChI=1S/C25H29N5O/c1-3-22-29-23-24(18-9-6-7-10-20(18)28-25(23)27)30(22)14-8-4-5-11-21(31)17-12-13-19(26)16(2)15-17/h6-7,9-10,12-13,15H,3-5,8,11,14,26H2,1-2H3,(H2,27,28). The Morgan fingerprint density at radius 3 is 2.61 bits per heavy atom. The van der Waals surface area contributed by atoms with Crippen LogP contribution in [0.2, 0.25) is 0 Å². The number of rotatable bonds is 8. The first-order chi connectivity index (χ1) is 15.0. The highest BCUT2D eigenvalue weighted by atomic mass is 16.1. The molecular weight excluding hydrogens is 386 g/mol. The van der Waals surface area contributed by atoms with Crippen molar-refractivity contribution in [3.05, 3.63) is 59.4 Å². The Morgan fingerprint density at radius 2 is 1.84 bits per heavy atom. The number of para-hydroxylation sites is 1. The molecule has 4 aromatic rings. The minimum atomic E-state index is 0.176. The van der Waals surface area contributed by atoms with Gasteiger partial charge in [-0.15, -0.1) is 0 Å². The molecule has 4 N–H and O–H groups in total. The van der Waals surface area contributed by atoms with E-state index in [1.54, 1.807) is 0 Å². The summed E-state index contributed by atoms with van der Waals surface area (Å²) in [7, 11) is 0. The number of carbonyl (C=O) groups excluding carboxylic acids is 1. The zero-order valence-corrected chi connectivity index (χ0v) is 18.2. The second-order valence-corrected chi connectivity index (χ2v) is 8.05. The summed E-state index contributed by atoms with van der Waals surface area (Å²) >= 11 is 0. The van der Waals surface area contributed by atoms with Gasteiger partial charge in [-0.05, 0) is 49.6 Å². The molecule has 0 unspecified atom stereocenters. The summed E-state index contributed by atoms with van der Waals surface area (Å²) in [5.41, 5.74) is 17.2. The topological polar surface area (TPSA) is 99.8 Å². The molecule has 31 heavy (non-hydrogen) atoms. The van der Waals surface area contributed by atoms with Crippen molar-refractivity contribution < 1.29 is 4.79 Å². The van der Waals surface area contributed by atoms with Crippen LogP contribution in [0.5, 0.6) is 0 Å². The van der Waals surface area contributed by atoms with Crippen LogP contribution < -0.4 is 11.5 Å². The van der Waals surface area contributed by atoms with Gasteiger partial charge in [-0.25, -0.2) is 9.97 Å². The van der Waals surface area contributed by atoms with Gasteiger partial charge in [-0.1, -0.05) is 31.5 Å². The summed E-state index contributed by atoms with van der Waals surface area (Å²) in [4.78, 5) is 21.8.